The summed E-state index contributed by atoms with van der Waals surface area (Å²) < 4.78 is 23.2. The van der Waals surface area contributed by atoms with E-state index in [2.05, 4.69) is 49.6 Å². The number of carbonyl (C=O) groups is 1. The summed E-state index contributed by atoms with van der Waals surface area (Å²) in [4.78, 5) is 11.9. The number of fused-ring (bicyclic) bond motifs is 1. The maximum absolute atomic E-state index is 12.4. The first-order chi connectivity index (χ1) is 20.8. The molecule has 0 bridgehead atoms. The molecule has 1 saturated carbocycles. The molecule has 2 atom stereocenters. The minimum atomic E-state index is -1.22. The summed E-state index contributed by atoms with van der Waals surface area (Å²) in [5, 5.41) is 21.7. The molecule has 238 valence electrons. The number of aliphatic hydroxyl groups is 2. The van der Waals surface area contributed by atoms with Crippen molar-refractivity contribution in [2.24, 2.45) is 17.8 Å². The number of hydrogen-bond donors (Lipinski definition) is 2. The fourth-order valence-corrected chi connectivity index (χ4v) is 6.08. The number of benzene rings is 2. The van der Waals surface area contributed by atoms with Crippen LogP contribution in [0.4, 0.5) is 4.39 Å². The Kier molecular flexibility index (Phi) is 15.4. The monoisotopic (exact) mass is 596 g/mol. The molecule has 0 saturated heterocycles. The molecule has 0 amide bonds. The van der Waals surface area contributed by atoms with Gasteiger partial charge in [-0.25, -0.2) is 4.79 Å². The molecule has 2 aromatic carbocycles. The quantitative estimate of drug-likeness (QED) is 0.0532. The molecule has 1 aliphatic rings. The van der Waals surface area contributed by atoms with Gasteiger partial charge in [-0.15, -0.1) is 0 Å². The molecule has 0 aromatic heterocycles. The van der Waals surface area contributed by atoms with Gasteiger partial charge in [0.1, 0.15) is 0 Å². The molecule has 0 aliphatic heterocycles. The lowest BCUT2D eigenvalue weighted by Gasteiger charge is -2.29. The largest absolute Gasteiger partial charge is 0.462 e. The van der Waals surface area contributed by atoms with Gasteiger partial charge in [0.15, 0.2) is 6.29 Å². The van der Waals surface area contributed by atoms with Gasteiger partial charge < -0.3 is 19.7 Å². The molecule has 3 rings (SSSR count). The van der Waals surface area contributed by atoms with Gasteiger partial charge in [0.25, 0.3) is 0 Å². The molecule has 1 fully saturated rings. The van der Waals surface area contributed by atoms with Crippen molar-refractivity contribution in [3.05, 3.63) is 71.8 Å². The third-order valence-corrected chi connectivity index (χ3v) is 8.94. The summed E-state index contributed by atoms with van der Waals surface area (Å²) in [6, 6.07) is 13.5. The van der Waals surface area contributed by atoms with E-state index in [0.717, 1.165) is 50.4 Å². The van der Waals surface area contributed by atoms with E-state index in [9.17, 15) is 14.3 Å². The second-order valence-corrected chi connectivity index (χ2v) is 12.6. The van der Waals surface area contributed by atoms with Crippen molar-refractivity contribution in [3.63, 3.8) is 0 Å². The van der Waals surface area contributed by atoms with Crippen LogP contribution in [0.25, 0.3) is 10.8 Å². The van der Waals surface area contributed by atoms with E-state index in [1.807, 2.05) is 0 Å². The first-order valence-electron chi connectivity index (χ1n) is 16.3. The van der Waals surface area contributed by atoms with Gasteiger partial charge in [-0.1, -0.05) is 94.5 Å². The molecule has 6 heteroatoms. The second-order valence-electron chi connectivity index (χ2n) is 12.6. The van der Waals surface area contributed by atoms with Gasteiger partial charge >= 0.3 is 5.97 Å². The van der Waals surface area contributed by atoms with Crippen LogP contribution >= 0.6 is 0 Å². The Bertz CT molecular complexity index is 1150. The molecular formula is C37H53FO5. The van der Waals surface area contributed by atoms with Gasteiger partial charge in [-0.3, -0.25) is 4.39 Å². The third-order valence-electron chi connectivity index (χ3n) is 8.94. The van der Waals surface area contributed by atoms with E-state index < -0.39 is 12.3 Å². The zero-order valence-corrected chi connectivity index (χ0v) is 26.2. The van der Waals surface area contributed by atoms with Gasteiger partial charge in [0.05, 0.1) is 26.5 Å². The lowest BCUT2D eigenvalue weighted by atomic mass is 9.77. The van der Waals surface area contributed by atoms with Crippen molar-refractivity contribution in [2.75, 3.05) is 26.5 Å². The Morgan fingerprint density at radius 2 is 1.53 bits per heavy atom. The van der Waals surface area contributed by atoms with Crippen LogP contribution in [0.3, 0.4) is 0 Å². The third kappa shape index (κ3) is 12.5. The van der Waals surface area contributed by atoms with Crippen molar-refractivity contribution in [1.29, 1.82) is 0 Å². The van der Waals surface area contributed by atoms with Gasteiger partial charge in [-0.2, -0.15) is 0 Å². The van der Waals surface area contributed by atoms with Crippen LogP contribution in [-0.2, 0) is 27.1 Å². The smallest absolute Gasteiger partial charge is 0.333 e. The number of aryl methyl sites for hydroxylation is 2. The summed E-state index contributed by atoms with van der Waals surface area (Å²) in [5.41, 5.74) is 3.28. The van der Waals surface area contributed by atoms with Gasteiger partial charge in [0, 0.05) is 17.1 Å². The Morgan fingerprint density at radius 3 is 2.14 bits per heavy atom. The molecule has 0 heterocycles. The van der Waals surface area contributed by atoms with Crippen LogP contribution in [0, 0.1) is 17.8 Å². The van der Waals surface area contributed by atoms with Crippen LogP contribution in [0.15, 0.2) is 60.7 Å². The van der Waals surface area contributed by atoms with Crippen LogP contribution < -0.4 is 0 Å². The Labute approximate surface area is 258 Å². The van der Waals surface area contributed by atoms with E-state index in [0.29, 0.717) is 12.0 Å². The van der Waals surface area contributed by atoms with Crippen LogP contribution in [0.5, 0.6) is 0 Å². The Morgan fingerprint density at radius 1 is 0.907 bits per heavy atom. The average Bonchev–Trinajstić information content (AvgIpc) is 3.02. The zero-order valence-electron chi connectivity index (χ0n) is 26.2. The van der Waals surface area contributed by atoms with E-state index >= 15 is 0 Å². The summed E-state index contributed by atoms with van der Waals surface area (Å²) in [6.07, 6.45) is 13.0. The lowest BCUT2D eigenvalue weighted by molar-refractivity contribution is -0.142. The first-order valence-corrected chi connectivity index (χ1v) is 16.3. The number of aliphatic hydroxyl groups excluding tert-OH is 2. The summed E-state index contributed by atoms with van der Waals surface area (Å²) >= 11 is 0. The van der Waals surface area contributed by atoms with Crippen LogP contribution in [-0.4, -0.2) is 49.0 Å². The Balaban J connectivity index is 1.35. The minimum absolute atomic E-state index is 0.0373. The Hall–Kier alpha value is -2.54. The van der Waals surface area contributed by atoms with Crippen molar-refractivity contribution in [3.8, 4) is 0 Å². The van der Waals surface area contributed by atoms with Crippen molar-refractivity contribution >= 4 is 16.7 Å². The zero-order chi connectivity index (χ0) is 31.0. The number of alkyl halides is 1. The van der Waals surface area contributed by atoms with Gasteiger partial charge in [-0.05, 0) is 79.2 Å². The second kappa shape index (κ2) is 19.0. The minimum Gasteiger partial charge on any atom is -0.462 e. The number of esters is 1. The molecule has 43 heavy (non-hydrogen) atoms. The SMILES string of the molecule is C=C(C)C(=O)OCC(CCCCC1CCC(CCc2ccc3cc(CCCCF)ccc3c2)CC1)COC(O)C(=C)CO. The van der Waals surface area contributed by atoms with Crippen LogP contribution in [0.1, 0.15) is 88.7 Å². The highest BCUT2D eigenvalue weighted by molar-refractivity contribution is 5.87. The summed E-state index contributed by atoms with van der Waals surface area (Å²) in [5.74, 6) is 1.12. The molecule has 2 aromatic rings. The highest BCUT2D eigenvalue weighted by Crippen LogP contribution is 2.34. The number of halogens is 1. The highest BCUT2D eigenvalue weighted by Gasteiger charge is 2.22. The summed E-state index contributed by atoms with van der Waals surface area (Å²) in [6.45, 7) is 8.73. The number of carbonyl (C=O) groups excluding carboxylic acids is 1. The number of ether oxygens (including phenoxy) is 2. The molecular weight excluding hydrogens is 543 g/mol. The van der Waals surface area contributed by atoms with Crippen LogP contribution in [0.2, 0.25) is 0 Å². The predicted octanol–water partition coefficient (Wildman–Crippen LogP) is 8.05. The highest BCUT2D eigenvalue weighted by atomic mass is 19.1. The standard InChI is InChI=1S/C37H53FO5/c1-27(2)36(40)42-25-33(26-43-37(41)28(3)24-39)10-5-4-8-29-11-13-30(14-12-29)15-16-32-18-20-34-22-31(9-6-7-21-38)17-19-35(34)23-32/h17-20,22-23,29-30,33,37,39,41H,1,3-16,21,24-26H2,2H3. The van der Waals surface area contributed by atoms with E-state index in [4.69, 9.17) is 14.6 Å². The summed E-state index contributed by atoms with van der Waals surface area (Å²) in [7, 11) is 0. The van der Waals surface area contributed by atoms with E-state index in [1.165, 1.54) is 60.4 Å². The maximum Gasteiger partial charge on any atom is 0.333 e. The number of rotatable bonds is 20. The number of hydrogen-bond acceptors (Lipinski definition) is 5. The molecule has 1 aliphatic carbocycles. The lowest BCUT2D eigenvalue weighted by Crippen LogP contribution is -2.25. The number of unbranched alkanes of at least 4 members (excludes halogenated alkanes) is 2. The normalized spacial score (nSPS) is 18.3. The molecule has 5 nitrogen and oxygen atoms in total. The van der Waals surface area contributed by atoms with Gasteiger partial charge in [0.2, 0.25) is 0 Å². The van der Waals surface area contributed by atoms with Crippen molar-refractivity contribution < 1.29 is 28.9 Å². The topological polar surface area (TPSA) is 76.0 Å². The predicted molar refractivity (Wildman–Crippen MR) is 173 cm³/mol. The average molecular weight is 597 g/mol. The van der Waals surface area contributed by atoms with E-state index in [1.54, 1.807) is 6.92 Å². The van der Waals surface area contributed by atoms with E-state index in [-0.39, 0.29) is 38.0 Å². The maximum atomic E-state index is 12.4. The molecule has 2 N–H and O–H groups in total. The molecule has 0 spiro atoms. The van der Waals surface area contributed by atoms with Crippen molar-refractivity contribution in [2.45, 2.75) is 96.7 Å². The van der Waals surface area contributed by atoms with Crippen molar-refractivity contribution in [1.82, 2.24) is 0 Å². The fourth-order valence-electron chi connectivity index (χ4n) is 6.08. The first kappa shape index (κ1) is 34.9. The molecule has 2 unspecified atom stereocenters. The fraction of sp³-hybridized carbons (Fsp3) is 0.595. The molecule has 0 radical (unpaired) electrons.